The molecule has 1 aliphatic rings. The number of aromatic carboxylic acids is 1. The van der Waals surface area contributed by atoms with Crippen LogP contribution < -0.4 is 10.2 Å². The van der Waals surface area contributed by atoms with Crippen LogP contribution in [0.1, 0.15) is 22.3 Å². The van der Waals surface area contributed by atoms with Gasteiger partial charge in [0.25, 0.3) is 0 Å². The molecule has 1 N–H and O–H groups in total. The molecule has 0 fully saturated rings. The summed E-state index contributed by atoms with van der Waals surface area (Å²) in [7, 11) is 1.66. The number of hydrogen-bond donors (Lipinski definition) is 1. The molecule has 0 saturated heterocycles. The zero-order chi connectivity index (χ0) is 17.1. The lowest BCUT2D eigenvalue weighted by molar-refractivity contribution is 0.0694. The summed E-state index contributed by atoms with van der Waals surface area (Å²) in [5.74, 6) is -0.399. The summed E-state index contributed by atoms with van der Waals surface area (Å²) in [6, 6.07) is 7.19. The molecule has 24 heavy (non-hydrogen) atoms. The van der Waals surface area contributed by atoms with Gasteiger partial charge in [-0.1, -0.05) is 0 Å². The van der Waals surface area contributed by atoms with E-state index in [0.717, 1.165) is 35.4 Å². The number of benzene rings is 1. The van der Waals surface area contributed by atoms with Gasteiger partial charge < -0.3 is 19.1 Å². The number of hydrogen-bond acceptors (Lipinski definition) is 4. The van der Waals surface area contributed by atoms with Gasteiger partial charge in [0.15, 0.2) is 5.43 Å². The van der Waals surface area contributed by atoms with Gasteiger partial charge in [-0.3, -0.25) is 4.79 Å². The van der Waals surface area contributed by atoms with Crippen molar-refractivity contribution in [3.63, 3.8) is 0 Å². The molecule has 6 nitrogen and oxygen atoms in total. The molecule has 1 aromatic carbocycles. The number of methoxy groups -OCH3 is 1. The van der Waals surface area contributed by atoms with Crippen LogP contribution in [0, 0.1) is 0 Å². The van der Waals surface area contributed by atoms with Gasteiger partial charge in [0, 0.05) is 44.5 Å². The van der Waals surface area contributed by atoms with E-state index < -0.39 is 11.4 Å². The minimum Gasteiger partial charge on any atom is -0.493 e. The monoisotopic (exact) mass is 329 g/mol. The van der Waals surface area contributed by atoms with E-state index in [0.29, 0.717) is 19.8 Å². The van der Waals surface area contributed by atoms with E-state index in [2.05, 4.69) is 0 Å². The van der Waals surface area contributed by atoms with Crippen LogP contribution in [0.4, 0.5) is 0 Å². The van der Waals surface area contributed by atoms with Crippen molar-refractivity contribution in [3.8, 4) is 17.0 Å². The van der Waals surface area contributed by atoms with Gasteiger partial charge in [0.1, 0.15) is 11.3 Å². The number of aryl methyl sites for hydroxylation is 2. The molecular weight excluding hydrogens is 310 g/mol. The predicted molar refractivity (Wildman–Crippen MR) is 88.8 cm³/mol. The number of aromatic nitrogens is 1. The number of fused-ring (bicyclic) bond motifs is 3. The molecule has 0 aliphatic carbocycles. The summed E-state index contributed by atoms with van der Waals surface area (Å²) in [4.78, 5) is 23.1. The Kier molecular flexibility index (Phi) is 4.66. The third-order valence-corrected chi connectivity index (χ3v) is 4.09. The smallest absolute Gasteiger partial charge is 0.341 e. The van der Waals surface area contributed by atoms with E-state index in [1.807, 2.05) is 22.8 Å². The lowest BCUT2D eigenvalue weighted by Crippen LogP contribution is -2.21. The lowest BCUT2D eigenvalue weighted by Gasteiger charge is -2.23. The molecule has 6 heteroatoms. The average molecular weight is 329 g/mol. The summed E-state index contributed by atoms with van der Waals surface area (Å²) in [5, 5.41) is 9.08. The molecule has 1 aliphatic heterocycles. The summed E-state index contributed by atoms with van der Waals surface area (Å²) < 4.78 is 12.5. The fourth-order valence-electron chi connectivity index (χ4n) is 2.90. The Morgan fingerprint density at radius 3 is 2.88 bits per heavy atom. The Morgan fingerprint density at radius 1 is 1.29 bits per heavy atom. The van der Waals surface area contributed by atoms with E-state index in [9.17, 15) is 9.59 Å². The standard InChI is InChI=1S/C18H19NO5/c1-23-7-2-8-24-13-3-4-14-12(9-13)5-6-19-11-15(18(21)22)17(20)10-16(14)19/h3-4,9-11H,2,5-8H2,1H3,(H,21,22). The summed E-state index contributed by atoms with van der Waals surface area (Å²) in [6.07, 6.45) is 3.02. The highest BCUT2D eigenvalue weighted by Crippen LogP contribution is 2.31. The average Bonchev–Trinajstić information content (AvgIpc) is 2.57. The quantitative estimate of drug-likeness (QED) is 0.822. The molecule has 0 saturated carbocycles. The summed E-state index contributed by atoms with van der Waals surface area (Å²) >= 11 is 0. The molecule has 1 aromatic heterocycles. The molecule has 2 aromatic rings. The minimum absolute atomic E-state index is 0.194. The van der Waals surface area contributed by atoms with E-state index in [-0.39, 0.29) is 5.56 Å². The molecule has 126 valence electrons. The van der Waals surface area contributed by atoms with Crippen molar-refractivity contribution in [2.45, 2.75) is 19.4 Å². The molecule has 0 bridgehead atoms. The van der Waals surface area contributed by atoms with Crippen LogP contribution in [0.15, 0.2) is 35.3 Å². The van der Waals surface area contributed by atoms with Crippen LogP contribution in [0.2, 0.25) is 0 Å². The molecule has 0 atom stereocenters. The topological polar surface area (TPSA) is 77.8 Å². The molecule has 0 unspecified atom stereocenters. The first-order valence-electron chi connectivity index (χ1n) is 7.83. The van der Waals surface area contributed by atoms with Gasteiger partial charge in [0.2, 0.25) is 0 Å². The maximum absolute atomic E-state index is 12.0. The van der Waals surface area contributed by atoms with Crippen LogP contribution in [0.3, 0.4) is 0 Å². The number of pyridine rings is 1. The minimum atomic E-state index is -1.19. The predicted octanol–water partition coefficient (Wildman–Crippen LogP) is 2.18. The fraction of sp³-hybridized carbons (Fsp3) is 0.333. The molecular formula is C18H19NO5. The van der Waals surface area contributed by atoms with Crippen LogP contribution in [0.25, 0.3) is 11.3 Å². The second-order valence-electron chi connectivity index (χ2n) is 5.70. The maximum atomic E-state index is 12.0. The van der Waals surface area contributed by atoms with Gasteiger partial charge in [-0.05, 0) is 30.2 Å². The Hall–Kier alpha value is -2.60. The molecule has 0 spiro atoms. The van der Waals surface area contributed by atoms with Crippen LogP contribution in [-0.2, 0) is 17.7 Å². The number of ether oxygens (including phenoxy) is 2. The van der Waals surface area contributed by atoms with E-state index >= 15 is 0 Å². The first kappa shape index (κ1) is 16.3. The zero-order valence-electron chi connectivity index (χ0n) is 13.4. The van der Waals surface area contributed by atoms with E-state index in [1.165, 1.54) is 12.3 Å². The first-order chi connectivity index (χ1) is 11.6. The number of carbonyl (C=O) groups is 1. The van der Waals surface area contributed by atoms with Crippen molar-refractivity contribution in [3.05, 3.63) is 51.8 Å². The fourth-order valence-corrected chi connectivity index (χ4v) is 2.90. The highest BCUT2D eigenvalue weighted by molar-refractivity contribution is 5.87. The van der Waals surface area contributed by atoms with Crippen LogP contribution in [-0.4, -0.2) is 36.0 Å². The normalized spacial score (nSPS) is 12.4. The molecule has 3 rings (SSSR count). The third-order valence-electron chi connectivity index (χ3n) is 4.09. The van der Waals surface area contributed by atoms with Gasteiger partial charge >= 0.3 is 5.97 Å². The van der Waals surface area contributed by atoms with Crippen molar-refractivity contribution in [1.29, 1.82) is 0 Å². The number of carboxylic acids is 1. The van der Waals surface area contributed by atoms with Gasteiger partial charge in [-0.15, -0.1) is 0 Å². The van der Waals surface area contributed by atoms with Crippen molar-refractivity contribution in [2.24, 2.45) is 0 Å². The van der Waals surface area contributed by atoms with Crippen LogP contribution in [0.5, 0.6) is 5.75 Å². The highest BCUT2D eigenvalue weighted by atomic mass is 16.5. The van der Waals surface area contributed by atoms with Crippen molar-refractivity contribution >= 4 is 5.97 Å². The summed E-state index contributed by atoms with van der Waals surface area (Å²) in [6.45, 7) is 1.88. The van der Waals surface area contributed by atoms with Gasteiger partial charge in [0.05, 0.1) is 12.3 Å². The Labute approximate surface area is 139 Å². The van der Waals surface area contributed by atoms with Crippen molar-refractivity contribution in [1.82, 2.24) is 4.57 Å². The second kappa shape index (κ2) is 6.88. The van der Waals surface area contributed by atoms with Crippen molar-refractivity contribution in [2.75, 3.05) is 20.3 Å². The Bertz CT molecular complexity index is 825. The van der Waals surface area contributed by atoms with Gasteiger partial charge in [-0.25, -0.2) is 4.79 Å². The number of nitrogens with zero attached hydrogens (tertiary/aromatic N) is 1. The lowest BCUT2D eigenvalue weighted by atomic mass is 9.96. The molecule has 2 heterocycles. The molecule has 0 radical (unpaired) electrons. The van der Waals surface area contributed by atoms with Gasteiger partial charge in [-0.2, -0.15) is 0 Å². The highest BCUT2D eigenvalue weighted by Gasteiger charge is 2.19. The SMILES string of the molecule is COCCCOc1ccc2c(c1)CCn1cc(C(=O)O)c(=O)cc1-2. The Balaban J connectivity index is 1.88. The zero-order valence-corrected chi connectivity index (χ0v) is 13.4. The maximum Gasteiger partial charge on any atom is 0.341 e. The largest absolute Gasteiger partial charge is 0.493 e. The van der Waals surface area contributed by atoms with E-state index in [4.69, 9.17) is 14.6 Å². The van der Waals surface area contributed by atoms with Crippen molar-refractivity contribution < 1.29 is 19.4 Å². The van der Waals surface area contributed by atoms with E-state index in [1.54, 1.807) is 7.11 Å². The third kappa shape index (κ3) is 3.19. The first-order valence-corrected chi connectivity index (χ1v) is 7.83. The Morgan fingerprint density at radius 2 is 2.12 bits per heavy atom. The summed E-state index contributed by atoms with van der Waals surface area (Å²) in [5.41, 5.74) is 2.13. The number of carboxylic acid groups (broad SMARTS) is 1. The second-order valence-corrected chi connectivity index (χ2v) is 5.70. The van der Waals surface area contributed by atoms with Crippen LogP contribution >= 0.6 is 0 Å². The molecule has 0 amide bonds. The number of rotatable bonds is 6.